The molecule has 0 bridgehead atoms. The summed E-state index contributed by atoms with van der Waals surface area (Å²) < 4.78 is 0. The number of aliphatic carboxylic acids is 1. The fourth-order valence-electron chi connectivity index (χ4n) is 0.581. The van der Waals surface area contributed by atoms with E-state index in [0.29, 0.717) is 5.56 Å². The van der Waals surface area contributed by atoms with Crippen LogP contribution in [0.1, 0.15) is 11.8 Å². The minimum absolute atomic E-state index is 0. The maximum Gasteiger partial charge on any atom is 1.00 e. The van der Waals surface area contributed by atoms with Crippen LogP contribution in [0.4, 0.5) is 0 Å². The molecule has 0 radical (unpaired) electrons. The van der Waals surface area contributed by atoms with E-state index in [0.717, 1.165) is 12.2 Å². The summed E-state index contributed by atoms with van der Waals surface area (Å²) in [5.41, 5.74) is 4.87. The zero-order valence-electron chi connectivity index (χ0n) is 12.2. The second-order valence-corrected chi connectivity index (χ2v) is 2.82. The average Bonchev–Trinajstić information content (AvgIpc) is 2.41. The number of hydrogen-bond donors (Lipinski definition) is 3. The largest absolute Gasteiger partial charge is 1.00 e. The van der Waals surface area contributed by atoms with E-state index in [-0.39, 0.29) is 31.0 Å². The Kier molecular flexibility index (Phi) is 17.6. The number of hydrogen-bond acceptors (Lipinski definition) is 3. The van der Waals surface area contributed by atoms with Crippen LogP contribution < -0.4 is 35.3 Å². The Bertz CT molecular complexity index is 433. The van der Waals surface area contributed by atoms with E-state index >= 15 is 0 Å². The minimum atomic E-state index is -0.981. The van der Waals surface area contributed by atoms with Gasteiger partial charge in [-0.2, -0.15) is 0 Å². The van der Waals surface area contributed by atoms with Gasteiger partial charge in [-0.05, 0) is 18.2 Å². The van der Waals surface area contributed by atoms with Crippen LogP contribution in [0, 0.1) is 0 Å². The molecule has 0 aromatic heterocycles. The second-order valence-electron chi connectivity index (χ2n) is 2.82. The number of primary amides is 1. The monoisotopic (exact) mass is 289 g/mol. The Morgan fingerprint density at radius 2 is 1.40 bits per heavy atom. The molecule has 0 saturated heterocycles. The Morgan fingerprint density at radius 3 is 1.55 bits per heavy atom. The van der Waals surface area contributed by atoms with E-state index in [1.54, 1.807) is 30.3 Å². The molecule has 0 fully saturated rings. The zero-order valence-corrected chi connectivity index (χ0v) is 13.2. The van der Waals surface area contributed by atoms with Gasteiger partial charge in [-0.25, -0.2) is 9.59 Å². The van der Waals surface area contributed by atoms with Crippen molar-refractivity contribution in [3.05, 3.63) is 61.2 Å². The van der Waals surface area contributed by atoms with Gasteiger partial charge in [0, 0.05) is 6.08 Å². The quantitative estimate of drug-likeness (QED) is 0.458. The third-order valence-corrected chi connectivity index (χ3v) is 1.40. The first-order valence-corrected chi connectivity index (χ1v) is 4.90. The van der Waals surface area contributed by atoms with Crippen molar-refractivity contribution in [1.82, 2.24) is 0 Å². The van der Waals surface area contributed by atoms with Crippen LogP contribution in [0.2, 0.25) is 0 Å². The van der Waals surface area contributed by atoms with Gasteiger partial charge in [-0.3, -0.25) is 4.79 Å². The van der Waals surface area contributed by atoms with E-state index in [2.05, 4.69) is 18.9 Å². The molecule has 1 aromatic carbocycles. The number of carboxylic acid groups (broad SMARTS) is 2. The number of nitrogens with two attached hydrogens (primary N) is 1. The molecule has 0 spiro atoms. The molecule has 7 heteroatoms. The average molecular weight is 289 g/mol. The number of benzene rings is 1. The zero-order chi connectivity index (χ0) is 15.3. The summed E-state index contributed by atoms with van der Waals surface area (Å²) in [7, 11) is 0. The summed E-state index contributed by atoms with van der Waals surface area (Å²) in [6, 6.07) is 8.30. The van der Waals surface area contributed by atoms with Gasteiger partial charge in [0.25, 0.3) is 0 Å². The molecule has 0 unspecified atom stereocenters. The molecule has 0 aliphatic carbocycles. The molecule has 20 heavy (non-hydrogen) atoms. The van der Waals surface area contributed by atoms with Crippen molar-refractivity contribution >= 4 is 17.8 Å². The molecule has 1 aromatic rings. The van der Waals surface area contributed by atoms with Crippen molar-refractivity contribution in [2.75, 3.05) is 0 Å². The summed E-state index contributed by atoms with van der Waals surface area (Å²) in [6.45, 7) is 6.05. The van der Waals surface area contributed by atoms with Gasteiger partial charge in [0.15, 0.2) is 0 Å². The van der Waals surface area contributed by atoms with Crippen molar-refractivity contribution < 1.29 is 55.6 Å². The van der Waals surface area contributed by atoms with E-state index in [1.807, 2.05) is 0 Å². The van der Waals surface area contributed by atoms with Crippen molar-refractivity contribution in [3.63, 3.8) is 0 Å². The Morgan fingerprint density at radius 1 is 1.05 bits per heavy atom. The number of aromatic carboxylic acids is 1. The van der Waals surface area contributed by atoms with E-state index in [1.165, 1.54) is 0 Å². The standard InChI is InChI=1S/C7H6O2.C3H5NO.C3H4O2.Na.H/c8-7(9)6-4-2-1-3-5-6;2*1-2-3(4)5;;/h1-5H,(H,8,9);2H,1H2,(H2,4,5);2H,1H2,(H,4,5);;/q;;;+1;-1. The van der Waals surface area contributed by atoms with Crippen molar-refractivity contribution in [1.29, 1.82) is 0 Å². The second kappa shape index (κ2) is 15.2. The molecule has 0 aliphatic heterocycles. The summed E-state index contributed by atoms with van der Waals surface area (Å²) in [4.78, 5) is 28.9. The predicted octanol–water partition coefficient (Wildman–Crippen LogP) is -1.58. The van der Waals surface area contributed by atoms with Crippen LogP contribution in [-0.2, 0) is 9.59 Å². The maximum atomic E-state index is 10.2. The molecular weight excluding hydrogens is 273 g/mol. The first-order valence-electron chi connectivity index (χ1n) is 4.90. The van der Waals surface area contributed by atoms with Crippen LogP contribution in [0.15, 0.2) is 55.6 Å². The number of carbonyl (C=O) groups is 3. The van der Waals surface area contributed by atoms with Gasteiger partial charge in [-0.1, -0.05) is 31.4 Å². The first kappa shape index (κ1) is 23.2. The topological polar surface area (TPSA) is 118 Å². The van der Waals surface area contributed by atoms with Gasteiger partial charge in [0.05, 0.1) is 5.56 Å². The maximum absolute atomic E-state index is 10.2. The fourth-order valence-corrected chi connectivity index (χ4v) is 0.581. The Hall–Kier alpha value is -1.89. The van der Waals surface area contributed by atoms with Crippen molar-refractivity contribution in [2.24, 2.45) is 5.73 Å². The van der Waals surface area contributed by atoms with Gasteiger partial charge in [-0.15, -0.1) is 0 Å². The number of amides is 1. The number of rotatable bonds is 3. The van der Waals surface area contributed by atoms with E-state index < -0.39 is 17.8 Å². The summed E-state index contributed by atoms with van der Waals surface area (Å²) in [5.74, 6) is -2.34. The minimum Gasteiger partial charge on any atom is -1.00 e. The normalized spacial score (nSPS) is 7.20. The molecule has 104 valence electrons. The molecule has 6 nitrogen and oxygen atoms in total. The van der Waals surface area contributed by atoms with E-state index in [4.69, 9.17) is 10.2 Å². The van der Waals surface area contributed by atoms with Crippen molar-refractivity contribution in [3.8, 4) is 0 Å². The molecule has 0 heterocycles. The SMILES string of the molecule is C=CC(=O)O.C=CC(N)=O.O=C(O)c1ccccc1.[H-].[Na+]. The van der Waals surface area contributed by atoms with Gasteiger partial charge < -0.3 is 17.4 Å². The summed E-state index contributed by atoms with van der Waals surface area (Å²) in [5, 5.41) is 16.0. The third-order valence-electron chi connectivity index (χ3n) is 1.40. The predicted molar refractivity (Wildman–Crippen MR) is 71.7 cm³/mol. The summed E-state index contributed by atoms with van der Waals surface area (Å²) in [6.07, 6.45) is 1.89. The molecular formula is C13H16NNaO5. The molecule has 0 atom stereocenters. The molecule has 0 saturated carbocycles. The third kappa shape index (κ3) is 18.5. The number of carbonyl (C=O) groups excluding carboxylic acids is 1. The first-order chi connectivity index (χ1) is 8.84. The van der Waals surface area contributed by atoms with Crippen LogP contribution in [0.3, 0.4) is 0 Å². The van der Waals surface area contributed by atoms with Crippen LogP contribution in [0.25, 0.3) is 0 Å². The molecule has 1 amide bonds. The molecule has 0 aliphatic rings. The van der Waals surface area contributed by atoms with E-state index in [9.17, 15) is 14.4 Å². The Balaban J connectivity index is -0.000000106. The smallest absolute Gasteiger partial charge is 1.00 e. The fraction of sp³-hybridized carbons (Fsp3) is 0. The van der Waals surface area contributed by atoms with Crippen LogP contribution in [0.5, 0.6) is 0 Å². The summed E-state index contributed by atoms with van der Waals surface area (Å²) >= 11 is 0. The van der Waals surface area contributed by atoms with Crippen LogP contribution >= 0.6 is 0 Å². The molecule has 4 N–H and O–H groups in total. The Labute approximate surface area is 140 Å². The van der Waals surface area contributed by atoms with Gasteiger partial charge in [0.1, 0.15) is 0 Å². The van der Waals surface area contributed by atoms with Gasteiger partial charge in [0.2, 0.25) is 5.91 Å². The number of carboxylic acids is 2. The van der Waals surface area contributed by atoms with Crippen molar-refractivity contribution in [2.45, 2.75) is 0 Å². The van der Waals surface area contributed by atoms with Gasteiger partial charge >= 0.3 is 41.5 Å². The molecule has 1 rings (SSSR count). The van der Waals surface area contributed by atoms with Crippen LogP contribution in [-0.4, -0.2) is 28.1 Å².